The van der Waals surface area contributed by atoms with Gasteiger partial charge >= 0.3 is 0 Å². The Morgan fingerprint density at radius 3 is 2.40 bits per heavy atom. The van der Waals surface area contributed by atoms with E-state index in [4.69, 9.17) is 15.2 Å². The van der Waals surface area contributed by atoms with Crippen molar-refractivity contribution in [3.8, 4) is 11.5 Å². The molecule has 0 aromatic heterocycles. The lowest BCUT2D eigenvalue weighted by Crippen LogP contribution is -2.22. The third-order valence-electron chi connectivity index (χ3n) is 3.38. The Labute approximate surface area is 146 Å². The van der Waals surface area contributed by atoms with Crippen LogP contribution in [0.1, 0.15) is 12.5 Å². The van der Waals surface area contributed by atoms with Crippen LogP contribution >= 0.6 is 0 Å². The predicted molar refractivity (Wildman–Crippen MR) is 99.2 cm³/mol. The molecule has 0 bridgehead atoms. The van der Waals surface area contributed by atoms with Gasteiger partial charge in [0.2, 0.25) is 5.91 Å². The van der Waals surface area contributed by atoms with Gasteiger partial charge < -0.3 is 25.8 Å². The number of nitrogens with one attached hydrogen (secondary N) is 2. The van der Waals surface area contributed by atoms with Crippen LogP contribution in [0.15, 0.2) is 47.5 Å². The van der Waals surface area contributed by atoms with Crippen molar-refractivity contribution in [3.63, 3.8) is 0 Å². The molecule has 0 radical (unpaired) electrons. The molecule has 2 rings (SSSR count). The van der Waals surface area contributed by atoms with E-state index in [-0.39, 0.29) is 11.9 Å². The second-order valence-electron chi connectivity index (χ2n) is 5.24. The van der Waals surface area contributed by atoms with E-state index in [2.05, 4.69) is 15.6 Å². The van der Waals surface area contributed by atoms with E-state index in [9.17, 15) is 4.79 Å². The number of hydrogen-bond acceptors (Lipinski definition) is 4. The van der Waals surface area contributed by atoms with Crippen LogP contribution in [0.25, 0.3) is 0 Å². The van der Waals surface area contributed by atoms with Crippen LogP contribution in [-0.2, 0) is 11.3 Å². The van der Waals surface area contributed by atoms with Crippen LogP contribution in [0, 0.1) is 0 Å². The lowest BCUT2D eigenvalue weighted by molar-refractivity contribution is -0.114. The third kappa shape index (κ3) is 5.13. The average Bonchev–Trinajstić information content (AvgIpc) is 2.60. The molecule has 132 valence electrons. The van der Waals surface area contributed by atoms with Gasteiger partial charge in [0.15, 0.2) is 5.96 Å². The summed E-state index contributed by atoms with van der Waals surface area (Å²) in [5, 5.41) is 5.74. The maximum atomic E-state index is 11.3. The lowest BCUT2D eigenvalue weighted by Gasteiger charge is -2.11. The largest absolute Gasteiger partial charge is 0.495 e. The number of nitrogens with two attached hydrogens (primary N) is 1. The summed E-state index contributed by atoms with van der Waals surface area (Å²) in [6, 6.07) is 12.9. The van der Waals surface area contributed by atoms with E-state index < -0.39 is 0 Å². The van der Waals surface area contributed by atoms with Crippen molar-refractivity contribution >= 4 is 23.2 Å². The highest BCUT2D eigenvalue weighted by Gasteiger charge is 2.06. The van der Waals surface area contributed by atoms with Crippen molar-refractivity contribution in [3.05, 3.63) is 48.0 Å². The first-order chi connectivity index (χ1) is 12.0. The zero-order valence-corrected chi connectivity index (χ0v) is 14.5. The zero-order chi connectivity index (χ0) is 18.2. The van der Waals surface area contributed by atoms with E-state index in [1.165, 1.54) is 6.92 Å². The number of anilines is 2. The lowest BCUT2D eigenvalue weighted by atomic mass is 10.2. The quantitative estimate of drug-likeness (QED) is 0.554. The maximum absolute atomic E-state index is 11.3. The van der Waals surface area contributed by atoms with Crippen LogP contribution in [0.4, 0.5) is 11.4 Å². The number of rotatable bonds is 6. The van der Waals surface area contributed by atoms with Gasteiger partial charge in [-0.25, -0.2) is 4.99 Å². The van der Waals surface area contributed by atoms with Gasteiger partial charge in [0.05, 0.1) is 32.1 Å². The molecule has 0 aliphatic heterocycles. The summed E-state index contributed by atoms with van der Waals surface area (Å²) < 4.78 is 10.5. The van der Waals surface area contributed by atoms with E-state index in [1.807, 2.05) is 30.3 Å². The zero-order valence-electron chi connectivity index (χ0n) is 14.5. The average molecular weight is 342 g/mol. The molecule has 0 fully saturated rings. The molecule has 7 heteroatoms. The first-order valence-electron chi connectivity index (χ1n) is 7.68. The van der Waals surface area contributed by atoms with Gasteiger partial charge in [-0.15, -0.1) is 0 Å². The highest BCUT2D eigenvalue weighted by molar-refractivity contribution is 5.93. The molecule has 0 saturated carbocycles. The molecule has 2 aromatic rings. The van der Waals surface area contributed by atoms with Crippen LogP contribution in [0.2, 0.25) is 0 Å². The Kier molecular flexibility index (Phi) is 6.22. The second kappa shape index (κ2) is 8.58. The fourth-order valence-electron chi connectivity index (χ4n) is 2.24. The number of amides is 1. The monoisotopic (exact) mass is 342 g/mol. The summed E-state index contributed by atoms with van der Waals surface area (Å²) in [5.74, 6) is 1.36. The van der Waals surface area contributed by atoms with Gasteiger partial charge in [0, 0.05) is 6.92 Å². The van der Waals surface area contributed by atoms with Crippen LogP contribution < -0.4 is 25.8 Å². The number of methoxy groups -OCH3 is 2. The van der Waals surface area contributed by atoms with E-state index in [1.54, 1.807) is 26.4 Å². The summed E-state index contributed by atoms with van der Waals surface area (Å²) in [6.07, 6.45) is 0. The number of carbonyl (C=O) groups is 1. The van der Waals surface area contributed by atoms with E-state index in [0.29, 0.717) is 23.7 Å². The number of hydrogen-bond donors (Lipinski definition) is 3. The van der Waals surface area contributed by atoms with Crippen LogP contribution in [-0.4, -0.2) is 26.1 Å². The molecule has 0 aliphatic rings. The van der Waals surface area contributed by atoms with Gasteiger partial charge in [-0.05, 0) is 29.8 Å². The molecule has 0 saturated heterocycles. The van der Waals surface area contributed by atoms with Crippen LogP contribution in [0.5, 0.6) is 11.5 Å². The Bertz CT molecular complexity index is 775. The smallest absolute Gasteiger partial charge is 0.221 e. The number of benzene rings is 2. The minimum absolute atomic E-state index is 0.170. The number of para-hydroxylation sites is 2. The molecular weight excluding hydrogens is 320 g/mol. The highest BCUT2D eigenvalue weighted by Crippen LogP contribution is 2.26. The number of nitrogens with zero attached hydrogens (tertiary/aromatic N) is 1. The molecule has 0 aliphatic carbocycles. The molecule has 0 spiro atoms. The first-order valence-corrected chi connectivity index (χ1v) is 7.68. The number of guanidine groups is 1. The molecular formula is C18H22N4O3. The number of ether oxygens (including phenoxy) is 2. The van der Waals surface area contributed by atoms with Crippen molar-refractivity contribution in [2.75, 3.05) is 24.9 Å². The minimum atomic E-state index is -0.170. The molecule has 7 nitrogen and oxygen atoms in total. The molecule has 0 unspecified atom stereocenters. The molecule has 25 heavy (non-hydrogen) atoms. The molecule has 0 heterocycles. The van der Waals surface area contributed by atoms with Gasteiger partial charge in [-0.3, -0.25) is 4.79 Å². The first kappa shape index (κ1) is 18.1. The SMILES string of the molecule is COc1ccc(CN=C(N)Nc2ccccc2OC)cc1NC(C)=O. The highest BCUT2D eigenvalue weighted by atomic mass is 16.5. The van der Waals surface area contributed by atoms with E-state index in [0.717, 1.165) is 11.3 Å². The third-order valence-corrected chi connectivity index (χ3v) is 3.38. The predicted octanol–water partition coefficient (Wildman–Crippen LogP) is 2.59. The summed E-state index contributed by atoms with van der Waals surface area (Å²) in [5.41, 5.74) is 8.16. The topological polar surface area (TPSA) is 98.0 Å². The van der Waals surface area contributed by atoms with Crippen molar-refractivity contribution < 1.29 is 14.3 Å². The summed E-state index contributed by atoms with van der Waals surface area (Å²) in [6.45, 7) is 1.80. The standard InChI is InChI=1S/C18H22N4O3/c1-12(23)21-15-10-13(8-9-17(15)25-3)11-20-18(19)22-14-6-4-5-7-16(14)24-2/h4-10H,11H2,1-3H3,(H,21,23)(H3,19,20,22). The Morgan fingerprint density at radius 1 is 1.04 bits per heavy atom. The molecule has 0 atom stereocenters. The van der Waals surface area contributed by atoms with E-state index >= 15 is 0 Å². The normalized spacial score (nSPS) is 10.9. The van der Waals surface area contributed by atoms with Gasteiger partial charge in [0.25, 0.3) is 0 Å². The maximum Gasteiger partial charge on any atom is 0.221 e. The minimum Gasteiger partial charge on any atom is -0.495 e. The summed E-state index contributed by atoms with van der Waals surface area (Å²) >= 11 is 0. The van der Waals surface area contributed by atoms with Crippen molar-refractivity contribution in [1.82, 2.24) is 0 Å². The number of aliphatic imine (C=N–C) groups is 1. The molecule has 1 amide bonds. The Balaban J connectivity index is 2.11. The van der Waals surface area contributed by atoms with Gasteiger partial charge in [0.1, 0.15) is 11.5 Å². The van der Waals surface area contributed by atoms with Gasteiger partial charge in [-0.2, -0.15) is 0 Å². The molecule has 2 aromatic carbocycles. The fourth-order valence-corrected chi connectivity index (χ4v) is 2.24. The van der Waals surface area contributed by atoms with Crippen molar-refractivity contribution in [2.45, 2.75) is 13.5 Å². The number of carbonyl (C=O) groups excluding carboxylic acids is 1. The summed E-state index contributed by atoms with van der Waals surface area (Å²) in [4.78, 5) is 15.6. The molecule has 4 N–H and O–H groups in total. The van der Waals surface area contributed by atoms with Gasteiger partial charge in [-0.1, -0.05) is 18.2 Å². The summed E-state index contributed by atoms with van der Waals surface area (Å²) in [7, 11) is 3.14. The fraction of sp³-hybridized carbons (Fsp3) is 0.222. The van der Waals surface area contributed by atoms with Crippen LogP contribution in [0.3, 0.4) is 0 Å². The van der Waals surface area contributed by atoms with Crippen molar-refractivity contribution in [2.24, 2.45) is 10.7 Å². The Morgan fingerprint density at radius 2 is 1.72 bits per heavy atom. The Hall–Kier alpha value is -3.22. The second-order valence-corrected chi connectivity index (χ2v) is 5.24. The van der Waals surface area contributed by atoms with Crippen molar-refractivity contribution in [1.29, 1.82) is 0 Å².